The molecule has 0 radical (unpaired) electrons. The van der Waals surface area contributed by atoms with Gasteiger partial charge in [0, 0.05) is 31.4 Å². The summed E-state index contributed by atoms with van der Waals surface area (Å²) in [6, 6.07) is 0.253. The highest BCUT2D eigenvalue weighted by molar-refractivity contribution is 7.16. The Hall–Kier alpha value is -1.69. The molecule has 0 aliphatic rings. The van der Waals surface area contributed by atoms with Crippen molar-refractivity contribution < 1.29 is 4.79 Å². The molecule has 6 heteroatoms. The maximum absolute atomic E-state index is 12.8. The molecule has 1 atom stereocenters. The van der Waals surface area contributed by atoms with E-state index in [1.54, 1.807) is 17.1 Å². The van der Waals surface area contributed by atoms with Gasteiger partial charge in [-0.1, -0.05) is 20.3 Å². The van der Waals surface area contributed by atoms with E-state index < -0.39 is 0 Å². The zero-order valence-electron chi connectivity index (χ0n) is 13.7. The summed E-state index contributed by atoms with van der Waals surface area (Å²) in [5.74, 6) is 0.0930. The topological polar surface area (TPSA) is 51.0 Å². The average molecular weight is 320 g/mol. The summed E-state index contributed by atoms with van der Waals surface area (Å²) >= 11 is 1.44. The Labute approximate surface area is 136 Å². The third-order valence-electron chi connectivity index (χ3n) is 3.80. The fourth-order valence-electron chi connectivity index (χ4n) is 2.25. The van der Waals surface area contributed by atoms with Gasteiger partial charge in [0.05, 0.1) is 12.4 Å². The van der Waals surface area contributed by atoms with E-state index in [2.05, 4.69) is 30.9 Å². The summed E-state index contributed by atoms with van der Waals surface area (Å²) in [6.45, 7) is 7.18. The summed E-state index contributed by atoms with van der Waals surface area (Å²) in [5, 5.41) is 5.00. The molecule has 2 heterocycles. The maximum Gasteiger partial charge on any atom is 0.265 e. The molecule has 0 spiro atoms. The number of nitrogens with zero attached hydrogens (tertiary/aromatic N) is 4. The number of aromatic nitrogens is 3. The van der Waals surface area contributed by atoms with Crippen LogP contribution in [0.3, 0.4) is 0 Å². The summed E-state index contributed by atoms with van der Waals surface area (Å²) in [4.78, 5) is 19.8. The molecular formula is C16H24N4OS. The van der Waals surface area contributed by atoms with E-state index in [9.17, 15) is 4.79 Å². The van der Waals surface area contributed by atoms with Crippen LogP contribution < -0.4 is 0 Å². The van der Waals surface area contributed by atoms with E-state index in [1.807, 2.05) is 18.1 Å². The number of unbranched alkanes of at least 4 members (excludes halogenated alkanes) is 1. The van der Waals surface area contributed by atoms with Gasteiger partial charge in [0.25, 0.3) is 5.91 Å². The van der Waals surface area contributed by atoms with Gasteiger partial charge in [-0.2, -0.15) is 5.10 Å². The number of aryl methyl sites for hydroxylation is 1. The second kappa shape index (κ2) is 7.54. The van der Waals surface area contributed by atoms with Crippen LogP contribution in [0.5, 0.6) is 0 Å². The molecule has 0 fully saturated rings. The quantitative estimate of drug-likeness (QED) is 0.783. The van der Waals surface area contributed by atoms with Crippen molar-refractivity contribution >= 4 is 17.2 Å². The van der Waals surface area contributed by atoms with E-state index in [0.717, 1.165) is 36.4 Å². The number of carbonyl (C=O) groups is 1. The van der Waals surface area contributed by atoms with Gasteiger partial charge in [-0.25, -0.2) is 4.98 Å². The van der Waals surface area contributed by atoms with Crippen molar-refractivity contribution in [2.75, 3.05) is 6.54 Å². The Kier molecular flexibility index (Phi) is 5.71. The SMILES string of the molecule is CCCCN(C(=O)c1cnc(-c2cnn(C)c2)s1)C(C)CC. The van der Waals surface area contributed by atoms with Crippen LogP contribution in [0.2, 0.25) is 0 Å². The van der Waals surface area contributed by atoms with Crippen LogP contribution in [0, 0.1) is 0 Å². The lowest BCUT2D eigenvalue weighted by molar-refractivity contribution is 0.0690. The van der Waals surface area contributed by atoms with Crippen LogP contribution in [-0.2, 0) is 7.05 Å². The minimum atomic E-state index is 0.0930. The van der Waals surface area contributed by atoms with Crippen LogP contribution in [-0.4, -0.2) is 38.2 Å². The highest BCUT2D eigenvalue weighted by Gasteiger charge is 2.22. The lowest BCUT2D eigenvalue weighted by Gasteiger charge is -2.28. The first-order chi connectivity index (χ1) is 10.6. The van der Waals surface area contributed by atoms with Crippen LogP contribution in [0.25, 0.3) is 10.6 Å². The van der Waals surface area contributed by atoms with Crippen molar-refractivity contribution in [3.05, 3.63) is 23.5 Å². The first-order valence-corrected chi connectivity index (χ1v) is 8.64. The van der Waals surface area contributed by atoms with E-state index in [4.69, 9.17) is 0 Å². The third kappa shape index (κ3) is 3.74. The van der Waals surface area contributed by atoms with Gasteiger partial charge in [0.15, 0.2) is 0 Å². The van der Waals surface area contributed by atoms with Crippen molar-refractivity contribution in [2.24, 2.45) is 7.05 Å². The third-order valence-corrected chi connectivity index (χ3v) is 4.84. The normalized spacial score (nSPS) is 12.4. The predicted octanol–water partition coefficient (Wildman–Crippen LogP) is 3.58. The summed E-state index contributed by atoms with van der Waals surface area (Å²) < 4.78 is 1.74. The van der Waals surface area contributed by atoms with Gasteiger partial charge in [0.1, 0.15) is 9.88 Å². The van der Waals surface area contributed by atoms with Gasteiger partial charge in [0.2, 0.25) is 0 Å². The van der Waals surface area contributed by atoms with Crippen molar-refractivity contribution in [2.45, 2.75) is 46.1 Å². The van der Waals surface area contributed by atoms with Gasteiger partial charge >= 0.3 is 0 Å². The van der Waals surface area contributed by atoms with Crippen LogP contribution in [0.4, 0.5) is 0 Å². The van der Waals surface area contributed by atoms with E-state index >= 15 is 0 Å². The summed E-state index contributed by atoms with van der Waals surface area (Å²) in [6.07, 6.45) is 8.46. The Balaban J connectivity index is 2.18. The Morgan fingerprint density at radius 3 is 2.77 bits per heavy atom. The number of hydrogen-bond donors (Lipinski definition) is 0. The zero-order chi connectivity index (χ0) is 16.1. The minimum Gasteiger partial charge on any atom is -0.335 e. The van der Waals surface area contributed by atoms with Crippen LogP contribution in [0.1, 0.15) is 49.7 Å². The molecule has 22 heavy (non-hydrogen) atoms. The Bertz CT molecular complexity index is 619. The van der Waals surface area contributed by atoms with E-state index in [1.165, 1.54) is 11.3 Å². The number of carbonyl (C=O) groups excluding carboxylic acids is 1. The molecule has 1 unspecified atom stereocenters. The van der Waals surface area contributed by atoms with E-state index in [0.29, 0.717) is 4.88 Å². The fourth-order valence-corrected chi connectivity index (χ4v) is 3.10. The second-order valence-corrected chi connectivity index (χ2v) is 6.57. The molecule has 2 aromatic heterocycles. The highest BCUT2D eigenvalue weighted by atomic mass is 32.1. The van der Waals surface area contributed by atoms with Crippen LogP contribution >= 0.6 is 11.3 Å². The summed E-state index contributed by atoms with van der Waals surface area (Å²) in [5.41, 5.74) is 0.954. The molecular weight excluding hydrogens is 296 g/mol. The van der Waals surface area contributed by atoms with Crippen molar-refractivity contribution in [1.29, 1.82) is 0 Å². The zero-order valence-corrected chi connectivity index (χ0v) is 14.6. The molecule has 120 valence electrons. The maximum atomic E-state index is 12.8. The Morgan fingerprint density at radius 1 is 1.41 bits per heavy atom. The fraction of sp³-hybridized carbons (Fsp3) is 0.562. The molecule has 2 rings (SSSR count). The number of amides is 1. The van der Waals surface area contributed by atoms with Gasteiger partial charge in [-0.15, -0.1) is 11.3 Å². The molecule has 2 aromatic rings. The molecule has 0 aliphatic carbocycles. The molecule has 0 aliphatic heterocycles. The average Bonchev–Trinajstić information content (AvgIpc) is 3.15. The molecule has 0 saturated heterocycles. The summed E-state index contributed by atoms with van der Waals surface area (Å²) in [7, 11) is 1.87. The lowest BCUT2D eigenvalue weighted by Crippen LogP contribution is -2.38. The predicted molar refractivity (Wildman–Crippen MR) is 90.0 cm³/mol. The van der Waals surface area contributed by atoms with Crippen molar-refractivity contribution in [3.63, 3.8) is 0 Å². The first kappa shape index (κ1) is 16.7. The molecule has 0 saturated carbocycles. The molecule has 5 nitrogen and oxygen atoms in total. The molecule has 0 aromatic carbocycles. The van der Waals surface area contributed by atoms with E-state index in [-0.39, 0.29) is 11.9 Å². The van der Waals surface area contributed by atoms with Crippen LogP contribution in [0.15, 0.2) is 18.6 Å². The van der Waals surface area contributed by atoms with Gasteiger partial charge in [-0.05, 0) is 19.8 Å². The standard InChI is InChI=1S/C16H24N4OS/c1-5-7-8-20(12(3)6-2)16(21)14-10-17-15(22-14)13-9-18-19(4)11-13/h9-12H,5-8H2,1-4H3. The lowest BCUT2D eigenvalue weighted by atomic mass is 10.2. The highest BCUT2D eigenvalue weighted by Crippen LogP contribution is 2.26. The molecule has 0 N–H and O–H groups in total. The Morgan fingerprint density at radius 2 is 2.18 bits per heavy atom. The second-order valence-electron chi connectivity index (χ2n) is 5.54. The molecule has 1 amide bonds. The largest absolute Gasteiger partial charge is 0.335 e. The minimum absolute atomic E-state index is 0.0930. The van der Waals surface area contributed by atoms with Crippen molar-refractivity contribution in [1.82, 2.24) is 19.7 Å². The number of rotatable bonds is 7. The number of thiazole rings is 1. The van der Waals surface area contributed by atoms with Gasteiger partial charge in [-0.3, -0.25) is 9.48 Å². The van der Waals surface area contributed by atoms with Crippen molar-refractivity contribution in [3.8, 4) is 10.6 Å². The van der Waals surface area contributed by atoms with Gasteiger partial charge < -0.3 is 4.90 Å². The first-order valence-electron chi connectivity index (χ1n) is 7.82. The number of hydrogen-bond acceptors (Lipinski definition) is 4. The smallest absolute Gasteiger partial charge is 0.265 e. The monoisotopic (exact) mass is 320 g/mol. The molecule has 0 bridgehead atoms.